The molecular weight excluding hydrogens is 242 g/mol. The second-order valence-electron chi connectivity index (χ2n) is 3.11. The van der Waals surface area contributed by atoms with Gasteiger partial charge in [-0.3, -0.25) is 9.63 Å². The summed E-state index contributed by atoms with van der Waals surface area (Å²) in [6.07, 6.45) is -4.83. The van der Waals surface area contributed by atoms with Crippen molar-refractivity contribution in [2.75, 3.05) is 13.7 Å². The Morgan fingerprint density at radius 1 is 1.41 bits per heavy atom. The number of rotatable bonds is 4. The highest BCUT2D eigenvalue weighted by Crippen LogP contribution is 2.31. The lowest BCUT2D eigenvalue weighted by molar-refractivity contribution is -0.140. The molecule has 0 aliphatic heterocycles. The average molecular weight is 251 g/mol. The van der Waals surface area contributed by atoms with Crippen molar-refractivity contribution in [3.05, 3.63) is 35.1 Å². The van der Waals surface area contributed by atoms with Crippen LogP contribution in [-0.4, -0.2) is 19.4 Å². The molecule has 1 rings (SSSR count). The third-order valence-corrected chi connectivity index (χ3v) is 1.94. The van der Waals surface area contributed by atoms with Crippen LogP contribution in [0, 0.1) is 5.82 Å². The first-order valence-electron chi connectivity index (χ1n) is 4.54. The van der Waals surface area contributed by atoms with Crippen molar-refractivity contribution < 1.29 is 27.2 Å². The van der Waals surface area contributed by atoms with Gasteiger partial charge in [0.05, 0.1) is 5.56 Å². The van der Waals surface area contributed by atoms with Gasteiger partial charge < -0.3 is 0 Å². The Bertz CT molecular complexity index is 417. The lowest BCUT2D eigenvalue weighted by atomic mass is 10.1. The van der Waals surface area contributed by atoms with Crippen molar-refractivity contribution in [2.45, 2.75) is 6.18 Å². The molecule has 0 unspecified atom stereocenters. The fraction of sp³-hybridized carbons (Fsp3) is 0.300. The van der Waals surface area contributed by atoms with Crippen molar-refractivity contribution in [3.63, 3.8) is 0 Å². The number of hydrogen-bond donors (Lipinski definition) is 1. The van der Waals surface area contributed by atoms with Gasteiger partial charge in [0.2, 0.25) is 0 Å². The van der Waals surface area contributed by atoms with Gasteiger partial charge in [0.25, 0.3) is 0 Å². The summed E-state index contributed by atoms with van der Waals surface area (Å²) >= 11 is 0. The maximum Gasteiger partial charge on any atom is 0.419 e. The maximum absolute atomic E-state index is 12.9. The highest BCUT2D eigenvalue weighted by Gasteiger charge is 2.34. The molecule has 0 radical (unpaired) electrons. The lowest BCUT2D eigenvalue weighted by Crippen LogP contribution is -2.17. The van der Waals surface area contributed by atoms with Crippen molar-refractivity contribution >= 4 is 5.78 Å². The van der Waals surface area contributed by atoms with Crippen LogP contribution >= 0.6 is 0 Å². The molecule has 0 aliphatic carbocycles. The first-order chi connectivity index (χ1) is 7.86. The zero-order valence-electron chi connectivity index (χ0n) is 8.77. The topological polar surface area (TPSA) is 38.3 Å². The Morgan fingerprint density at radius 3 is 2.59 bits per heavy atom. The molecule has 1 aromatic carbocycles. The molecule has 0 saturated carbocycles. The highest BCUT2D eigenvalue weighted by molar-refractivity contribution is 5.97. The molecule has 94 valence electrons. The van der Waals surface area contributed by atoms with Crippen LogP contribution in [0.25, 0.3) is 0 Å². The summed E-state index contributed by atoms with van der Waals surface area (Å²) < 4.78 is 50.0. The first kappa shape index (κ1) is 13.6. The second kappa shape index (κ2) is 5.24. The van der Waals surface area contributed by atoms with Crippen molar-refractivity contribution in [1.29, 1.82) is 0 Å². The van der Waals surface area contributed by atoms with E-state index in [1.807, 2.05) is 0 Å². The van der Waals surface area contributed by atoms with Gasteiger partial charge in [-0.2, -0.15) is 13.2 Å². The van der Waals surface area contributed by atoms with Gasteiger partial charge in [-0.25, -0.2) is 9.87 Å². The van der Waals surface area contributed by atoms with Gasteiger partial charge in [0.1, 0.15) is 12.4 Å². The van der Waals surface area contributed by atoms with E-state index in [0.29, 0.717) is 12.1 Å². The van der Waals surface area contributed by atoms with Gasteiger partial charge in [0, 0.05) is 12.6 Å². The van der Waals surface area contributed by atoms with Gasteiger partial charge >= 0.3 is 6.18 Å². The number of ketones is 1. The van der Waals surface area contributed by atoms with Gasteiger partial charge in [-0.1, -0.05) is 0 Å². The predicted molar refractivity (Wildman–Crippen MR) is 50.7 cm³/mol. The van der Waals surface area contributed by atoms with Gasteiger partial charge in [0.15, 0.2) is 5.78 Å². The highest BCUT2D eigenvalue weighted by atomic mass is 19.4. The SMILES string of the molecule is CNOCC(=O)c1ccc(F)c(C(F)(F)F)c1. The molecule has 0 bridgehead atoms. The predicted octanol–water partition coefficient (Wildman–Crippen LogP) is 2.18. The standard InChI is InChI=1S/C10H9F4NO2/c1-15-17-5-9(16)6-2-3-8(11)7(4-6)10(12,13)14/h2-4,15H,5H2,1H3. The number of alkyl halides is 3. The monoisotopic (exact) mass is 251 g/mol. The number of hydrogen-bond acceptors (Lipinski definition) is 3. The van der Waals surface area contributed by atoms with Crippen molar-refractivity contribution in [1.82, 2.24) is 5.48 Å². The maximum atomic E-state index is 12.9. The van der Waals surface area contributed by atoms with Gasteiger partial charge in [-0.15, -0.1) is 0 Å². The molecule has 0 aromatic heterocycles. The average Bonchev–Trinajstić information content (AvgIpc) is 2.25. The number of benzene rings is 1. The molecular formula is C10H9F4NO2. The summed E-state index contributed by atoms with van der Waals surface area (Å²) in [5, 5.41) is 0. The molecule has 0 heterocycles. The minimum Gasteiger partial charge on any atom is -0.294 e. The van der Waals surface area contributed by atoms with Crippen LogP contribution in [0.4, 0.5) is 17.6 Å². The van der Waals surface area contributed by atoms with Crippen LogP contribution in [0.1, 0.15) is 15.9 Å². The molecule has 17 heavy (non-hydrogen) atoms. The van der Waals surface area contributed by atoms with Crippen molar-refractivity contribution in [3.8, 4) is 0 Å². The summed E-state index contributed by atoms with van der Waals surface area (Å²) in [5.41, 5.74) is 0.487. The number of nitrogens with one attached hydrogen (secondary N) is 1. The third-order valence-electron chi connectivity index (χ3n) is 1.94. The van der Waals surface area contributed by atoms with E-state index >= 15 is 0 Å². The van der Waals surface area contributed by atoms with E-state index in [1.165, 1.54) is 7.05 Å². The lowest BCUT2D eigenvalue weighted by Gasteiger charge is -2.09. The summed E-state index contributed by atoms with van der Waals surface area (Å²) in [5.74, 6) is -2.09. The Hall–Kier alpha value is -1.47. The summed E-state index contributed by atoms with van der Waals surface area (Å²) in [6.45, 7) is -0.431. The van der Waals surface area contributed by atoms with E-state index in [4.69, 9.17) is 0 Å². The minimum atomic E-state index is -4.83. The smallest absolute Gasteiger partial charge is 0.294 e. The van der Waals surface area contributed by atoms with Crippen molar-refractivity contribution in [2.24, 2.45) is 0 Å². The minimum absolute atomic E-state index is 0.256. The Morgan fingerprint density at radius 2 is 2.06 bits per heavy atom. The Labute approximate surface area is 94.3 Å². The van der Waals surface area contributed by atoms with E-state index in [1.54, 1.807) is 0 Å². The fourth-order valence-electron chi connectivity index (χ4n) is 1.14. The number of hydroxylamine groups is 1. The number of carbonyl (C=O) groups excluding carboxylic acids is 1. The van der Waals surface area contributed by atoms with Gasteiger partial charge in [-0.05, 0) is 18.2 Å². The zero-order chi connectivity index (χ0) is 13.1. The van der Waals surface area contributed by atoms with E-state index in [0.717, 1.165) is 6.07 Å². The number of halogens is 4. The largest absolute Gasteiger partial charge is 0.419 e. The molecule has 0 amide bonds. The normalized spacial score (nSPS) is 11.6. The third kappa shape index (κ3) is 3.50. The molecule has 0 spiro atoms. The fourth-order valence-corrected chi connectivity index (χ4v) is 1.14. The van der Waals surface area contributed by atoms with E-state index in [2.05, 4.69) is 10.3 Å². The molecule has 0 aliphatic rings. The molecule has 0 atom stereocenters. The number of Topliss-reactive ketones (excluding diaryl/α,β-unsaturated/α-hetero) is 1. The Balaban J connectivity index is 3.00. The van der Waals surface area contributed by atoms with Crippen LogP contribution in [0.15, 0.2) is 18.2 Å². The van der Waals surface area contributed by atoms with Crippen LogP contribution in [0.5, 0.6) is 0 Å². The molecule has 7 heteroatoms. The Kier molecular flexibility index (Phi) is 4.19. The van der Waals surface area contributed by atoms with Crippen LogP contribution in [0.2, 0.25) is 0 Å². The van der Waals surface area contributed by atoms with Crippen LogP contribution in [0.3, 0.4) is 0 Å². The summed E-state index contributed by atoms with van der Waals surface area (Å²) in [4.78, 5) is 15.9. The molecule has 1 aromatic rings. The van der Waals surface area contributed by atoms with E-state index in [-0.39, 0.29) is 5.56 Å². The van der Waals surface area contributed by atoms with Crippen LogP contribution < -0.4 is 5.48 Å². The summed E-state index contributed by atoms with van der Waals surface area (Å²) in [6, 6.07) is 2.05. The molecule has 1 N–H and O–H groups in total. The van der Waals surface area contributed by atoms with E-state index < -0.39 is 29.9 Å². The molecule has 3 nitrogen and oxygen atoms in total. The summed E-state index contributed by atoms with van der Waals surface area (Å²) in [7, 11) is 1.40. The quantitative estimate of drug-likeness (QED) is 0.506. The second-order valence-corrected chi connectivity index (χ2v) is 3.11. The van der Waals surface area contributed by atoms with Crippen LogP contribution in [-0.2, 0) is 11.0 Å². The zero-order valence-corrected chi connectivity index (χ0v) is 8.77. The molecule has 0 saturated heterocycles. The number of carbonyl (C=O) groups is 1. The van der Waals surface area contributed by atoms with E-state index in [9.17, 15) is 22.4 Å². The molecule has 0 fully saturated rings. The first-order valence-corrected chi connectivity index (χ1v) is 4.54.